The van der Waals surface area contributed by atoms with Crippen LogP contribution in [-0.2, 0) is 0 Å². The third-order valence-electron chi connectivity index (χ3n) is 2.82. The maximum atomic E-state index is 3.62. The normalized spacial score (nSPS) is 14.5. The predicted octanol–water partition coefficient (Wildman–Crippen LogP) is 4.92. The molecule has 0 saturated heterocycles. The molecule has 0 amide bonds. The van der Waals surface area contributed by atoms with Crippen LogP contribution in [0, 0.1) is 0 Å². The lowest BCUT2D eigenvalue weighted by atomic mass is 10.1. The number of hydrogen-bond donors (Lipinski definition) is 1. The van der Waals surface area contributed by atoms with Crippen molar-refractivity contribution in [2.75, 3.05) is 0 Å². The zero-order valence-corrected chi connectivity index (χ0v) is 12.4. The molecule has 0 spiro atoms. The summed E-state index contributed by atoms with van der Waals surface area (Å²) >= 11 is 5.31. The number of hydrogen-bond acceptors (Lipinski definition) is 2. The van der Waals surface area contributed by atoms with Crippen LogP contribution in [0.4, 0.5) is 0 Å². The molecule has 1 unspecified atom stereocenters. The van der Waals surface area contributed by atoms with E-state index in [1.54, 1.807) is 11.3 Å². The Balaban J connectivity index is 2.04. The van der Waals surface area contributed by atoms with Gasteiger partial charge >= 0.3 is 0 Å². The molecule has 0 radical (unpaired) electrons. The second-order valence-corrected chi connectivity index (χ2v) is 6.08. The molecule has 3 heteroatoms. The predicted molar refractivity (Wildman–Crippen MR) is 78.4 cm³/mol. The van der Waals surface area contributed by atoms with Gasteiger partial charge in [0.05, 0.1) is 0 Å². The summed E-state index contributed by atoms with van der Waals surface area (Å²) in [7, 11) is 0. The van der Waals surface area contributed by atoms with Crippen LogP contribution in [0.15, 0.2) is 46.3 Å². The molecule has 17 heavy (non-hydrogen) atoms. The molecule has 0 aliphatic rings. The molecular formula is C14H16BrNS. The van der Waals surface area contributed by atoms with Crippen LogP contribution in [0.2, 0.25) is 0 Å². The minimum atomic E-state index is 0.351. The van der Waals surface area contributed by atoms with Gasteiger partial charge in [0.25, 0.3) is 0 Å². The van der Waals surface area contributed by atoms with Crippen molar-refractivity contribution < 1.29 is 0 Å². The summed E-state index contributed by atoms with van der Waals surface area (Å²) in [5.41, 5.74) is 1.31. The smallest absolute Gasteiger partial charge is 0.0391 e. The van der Waals surface area contributed by atoms with Crippen molar-refractivity contribution in [3.8, 4) is 0 Å². The van der Waals surface area contributed by atoms with Crippen LogP contribution in [0.5, 0.6) is 0 Å². The fourth-order valence-corrected chi connectivity index (χ4v) is 3.03. The van der Waals surface area contributed by atoms with E-state index in [4.69, 9.17) is 0 Å². The molecule has 90 valence electrons. The molecule has 1 aromatic heterocycles. The van der Waals surface area contributed by atoms with E-state index in [0.717, 1.165) is 4.47 Å². The van der Waals surface area contributed by atoms with Gasteiger partial charge in [-0.2, -0.15) is 0 Å². The van der Waals surface area contributed by atoms with E-state index in [0.29, 0.717) is 12.1 Å². The summed E-state index contributed by atoms with van der Waals surface area (Å²) in [6, 6.07) is 13.5. The Morgan fingerprint density at radius 2 is 1.94 bits per heavy atom. The third kappa shape index (κ3) is 3.41. The molecular weight excluding hydrogens is 294 g/mol. The van der Waals surface area contributed by atoms with Gasteiger partial charge < -0.3 is 5.32 Å². The summed E-state index contributed by atoms with van der Waals surface area (Å²) in [4.78, 5) is 1.38. The van der Waals surface area contributed by atoms with Crippen molar-refractivity contribution in [2.24, 2.45) is 0 Å². The average molecular weight is 310 g/mol. The van der Waals surface area contributed by atoms with E-state index in [1.807, 2.05) is 0 Å². The highest BCUT2D eigenvalue weighted by molar-refractivity contribution is 9.10. The Morgan fingerprint density at radius 1 is 1.12 bits per heavy atom. The monoisotopic (exact) mass is 309 g/mol. The van der Waals surface area contributed by atoms with Crippen LogP contribution in [-0.4, -0.2) is 0 Å². The lowest BCUT2D eigenvalue weighted by Crippen LogP contribution is -2.21. The fourth-order valence-electron chi connectivity index (χ4n) is 1.87. The number of benzene rings is 1. The van der Waals surface area contributed by atoms with Crippen LogP contribution in [0.25, 0.3) is 0 Å². The minimum absolute atomic E-state index is 0.351. The Labute approximate surface area is 115 Å². The van der Waals surface area contributed by atoms with Gasteiger partial charge in [-0.05, 0) is 43.0 Å². The van der Waals surface area contributed by atoms with Gasteiger partial charge in [-0.15, -0.1) is 11.3 Å². The first-order valence-electron chi connectivity index (χ1n) is 5.71. The Bertz CT molecular complexity index is 467. The first-order chi connectivity index (χ1) is 8.16. The maximum Gasteiger partial charge on any atom is 0.0391 e. The fraction of sp³-hybridized carbons (Fsp3) is 0.286. The van der Waals surface area contributed by atoms with Crippen LogP contribution < -0.4 is 5.32 Å². The van der Waals surface area contributed by atoms with E-state index in [2.05, 4.69) is 76.9 Å². The van der Waals surface area contributed by atoms with Gasteiger partial charge in [-0.25, -0.2) is 0 Å². The van der Waals surface area contributed by atoms with Gasteiger partial charge in [0, 0.05) is 21.4 Å². The molecule has 1 heterocycles. The van der Waals surface area contributed by atoms with Crippen LogP contribution in [0.3, 0.4) is 0 Å². The van der Waals surface area contributed by atoms with Gasteiger partial charge in [0.2, 0.25) is 0 Å². The quantitative estimate of drug-likeness (QED) is 0.845. The molecule has 0 bridgehead atoms. The largest absolute Gasteiger partial charge is 0.303 e. The number of nitrogens with one attached hydrogen (secondary N) is 1. The van der Waals surface area contributed by atoms with Crippen molar-refractivity contribution in [1.82, 2.24) is 5.32 Å². The van der Waals surface area contributed by atoms with Crippen molar-refractivity contribution in [3.05, 3.63) is 56.7 Å². The van der Waals surface area contributed by atoms with Gasteiger partial charge in [-0.1, -0.05) is 34.1 Å². The van der Waals surface area contributed by atoms with E-state index >= 15 is 0 Å². The SMILES string of the molecule is CC(N[C@@H](C)c1cccc(Br)c1)c1cccs1. The molecule has 0 aliphatic heterocycles. The molecule has 2 aromatic rings. The first-order valence-corrected chi connectivity index (χ1v) is 7.39. The Kier molecular flexibility index (Phi) is 4.37. The van der Waals surface area contributed by atoms with E-state index in [9.17, 15) is 0 Å². The Hall–Kier alpha value is -0.640. The molecule has 1 nitrogen and oxygen atoms in total. The summed E-state index contributed by atoms with van der Waals surface area (Å²) in [6.45, 7) is 4.41. The number of rotatable bonds is 4. The van der Waals surface area contributed by atoms with Crippen LogP contribution in [0.1, 0.15) is 36.4 Å². The van der Waals surface area contributed by atoms with Crippen molar-refractivity contribution in [2.45, 2.75) is 25.9 Å². The standard InChI is InChI=1S/C14H16BrNS/c1-10(12-5-3-6-13(15)9-12)16-11(2)14-7-4-8-17-14/h3-11,16H,1-2H3/t10-,11?/m0/s1. The highest BCUT2D eigenvalue weighted by Gasteiger charge is 2.11. The topological polar surface area (TPSA) is 12.0 Å². The summed E-state index contributed by atoms with van der Waals surface area (Å²) in [5, 5.41) is 5.74. The van der Waals surface area contributed by atoms with Crippen LogP contribution >= 0.6 is 27.3 Å². The lowest BCUT2D eigenvalue weighted by molar-refractivity contribution is 0.500. The molecule has 2 rings (SSSR count). The summed E-state index contributed by atoms with van der Waals surface area (Å²) < 4.78 is 1.13. The summed E-state index contributed by atoms with van der Waals surface area (Å²) in [5.74, 6) is 0. The highest BCUT2D eigenvalue weighted by atomic mass is 79.9. The van der Waals surface area contributed by atoms with Crippen molar-refractivity contribution in [1.29, 1.82) is 0 Å². The van der Waals surface area contributed by atoms with E-state index in [1.165, 1.54) is 10.4 Å². The van der Waals surface area contributed by atoms with Gasteiger partial charge in [0.1, 0.15) is 0 Å². The summed E-state index contributed by atoms with van der Waals surface area (Å²) in [6.07, 6.45) is 0. The molecule has 0 fully saturated rings. The second-order valence-electron chi connectivity index (χ2n) is 4.18. The molecule has 1 aromatic carbocycles. The zero-order valence-electron chi connectivity index (χ0n) is 9.98. The van der Waals surface area contributed by atoms with Gasteiger partial charge in [-0.3, -0.25) is 0 Å². The zero-order chi connectivity index (χ0) is 12.3. The second kappa shape index (κ2) is 5.80. The van der Waals surface area contributed by atoms with Gasteiger partial charge in [0.15, 0.2) is 0 Å². The first kappa shape index (κ1) is 12.8. The van der Waals surface area contributed by atoms with E-state index < -0.39 is 0 Å². The molecule has 0 saturated carbocycles. The molecule has 0 aliphatic carbocycles. The lowest BCUT2D eigenvalue weighted by Gasteiger charge is -2.19. The minimum Gasteiger partial charge on any atom is -0.303 e. The van der Waals surface area contributed by atoms with Crippen molar-refractivity contribution >= 4 is 27.3 Å². The Morgan fingerprint density at radius 3 is 2.59 bits per heavy atom. The maximum absolute atomic E-state index is 3.62. The average Bonchev–Trinajstić information content (AvgIpc) is 2.82. The molecule has 2 atom stereocenters. The molecule has 1 N–H and O–H groups in total. The van der Waals surface area contributed by atoms with E-state index in [-0.39, 0.29) is 0 Å². The number of halogens is 1. The third-order valence-corrected chi connectivity index (χ3v) is 4.37. The number of thiophene rings is 1. The highest BCUT2D eigenvalue weighted by Crippen LogP contribution is 2.23. The van der Waals surface area contributed by atoms with Crippen molar-refractivity contribution in [3.63, 3.8) is 0 Å².